The lowest BCUT2D eigenvalue weighted by molar-refractivity contribution is 0.686. The van der Waals surface area contributed by atoms with Crippen molar-refractivity contribution >= 4 is 10.8 Å². The van der Waals surface area contributed by atoms with E-state index in [1.807, 2.05) is 0 Å². The molecule has 36 valence electrons. The van der Waals surface area contributed by atoms with Crippen molar-refractivity contribution in [3.05, 3.63) is 0 Å². The summed E-state index contributed by atoms with van der Waals surface area (Å²) in [7, 11) is -0.534. The molecule has 1 aliphatic rings. The van der Waals surface area contributed by atoms with E-state index in [4.69, 9.17) is 0 Å². The van der Waals surface area contributed by atoms with Gasteiger partial charge in [-0.25, -0.2) is 0 Å². The summed E-state index contributed by atoms with van der Waals surface area (Å²) in [5, 5.41) is 2.97. The second kappa shape index (κ2) is 1.71. The fourth-order valence-electron chi connectivity index (χ4n) is 0.444. The molecule has 0 aromatic carbocycles. The van der Waals surface area contributed by atoms with Crippen molar-refractivity contribution < 1.29 is 4.21 Å². The van der Waals surface area contributed by atoms with E-state index in [9.17, 15) is 4.21 Å². The Morgan fingerprint density at radius 2 is 2.50 bits per heavy atom. The van der Waals surface area contributed by atoms with Crippen molar-refractivity contribution in [2.24, 2.45) is 0 Å². The van der Waals surface area contributed by atoms with Crippen LogP contribution < -0.4 is 5.32 Å². The van der Waals surface area contributed by atoms with Crippen LogP contribution in [0.25, 0.3) is 0 Å². The summed E-state index contributed by atoms with van der Waals surface area (Å²) in [6, 6.07) is 0. The van der Waals surface area contributed by atoms with E-state index in [-0.39, 0.29) is 0 Å². The zero-order valence-corrected chi connectivity index (χ0v) is 4.25. The molecule has 1 unspecified atom stereocenters. The lowest BCUT2D eigenvalue weighted by Gasteiger charge is -1.76. The van der Waals surface area contributed by atoms with Gasteiger partial charge < -0.3 is 5.32 Å². The maximum absolute atomic E-state index is 10.3. The Morgan fingerprint density at radius 1 is 1.67 bits per heavy atom. The molecule has 1 rings (SSSR count). The van der Waals surface area contributed by atoms with E-state index in [1.165, 1.54) is 0 Å². The zero-order chi connectivity index (χ0) is 4.41. The minimum absolute atomic E-state index is 0.534. The van der Waals surface area contributed by atoms with E-state index in [2.05, 4.69) is 5.32 Å². The normalized spacial score (nSPS) is 34.3. The van der Waals surface area contributed by atoms with E-state index >= 15 is 0 Å². The molecule has 0 bridgehead atoms. The van der Waals surface area contributed by atoms with Crippen molar-refractivity contribution in [2.45, 2.75) is 0 Å². The van der Waals surface area contributed by atoms with E-state index in [1.54, 1.807) is 0 Å². The molecule has 6 heavy (non-hydrogen) atoms. The molecule has 0 spiro atoms. The quantitative estimate of drug-likeness (QED) is 0.441. The van der Waals surface area contributed by atoms with Crippen molar-refractivity contribution in [2.75, 3.05) is 18.2 Å². The topological polar surface area (TPSA) is 29.1 Å². The van der Waals surface area contributed by atoms with Crippen LogP contribution in [0.3, 0.4) is 0 Å². The van der Waals surface area contributed by atoms with Gasteiger partial charge in [0.15, 0.2) is 0 Å². The Bertz CT molecular complexity index is 65.2. The smallest absolute Gasteiger partial charge is 0.0723 e. The first-order valence-electron chi connectivity index (χ1n) is 1.95. The Balaban J connectivity index is 2.37. The second-order valence-electron chi connectivity index (χ2n) is 1.29. The van der Waals surface area contributed by atoms with Crippen molar-refractivity contribution in [3.8, 4) is 0 Å². The van der Waals surface area contributed by atoms with Crippen molar-refractivity contribution in [1.29, 1.82) is 0 Å². The second-order valence-corrected chi connectivity index (χ2v) is 2.86. The summed E-state index contributed by atoms with van der Waals surface area (Å²) in [4.78, 5) is 0. The van der Waals surface area contributed by atoms with Crippen LogP contribution in [-0.2, 0) is 10.8 Å². The first-order chi connectivity index (χ1) is 2.89. The third-order valence-electron chi connectivity index (χ3n) is 0.770. The maximum atomic E-state index is 10.3. The van der Waals surface area contributed by atoms with Crippen molar-refractivity contribution in [1.82, 2.24) is 5.32 Å². The molecule has 3 heteroatoms. The first-order valence-corrected chi connectivity index (χ1v) is 3.44. The summed E-state index contributed by atoms with van der Waals surface area (Å²) < 4.78 is 10.3. The molecule has 0 amide bonds. The fourth-order valence-corrected chi connectivity index (χ4v) is 1.33. The lowest BCUT2D eigenvalue weighted by atomic mass is 10.8. The molecule has 2 nitrogen and oxygen atoms in total. The van der Waals surface area contributed by atoms with Crippen LogP contribution in [-0.4, -0.2) is 22.4 Å². The first kappa shape index (κ1) is 4.27. The van der Waals surface area contributed by atoms with Crippen LogP contribution in [0.5, 0.6) is 0 Å². The number of rotatable bonds is 0. The fraction of sp³-hybridized carbons (Fsp3) is 1.00. The van der Waals surface area contributed by atoms with Gasteiger partial charge in [0, 0.05) is 23.1 Å². The summed E-state index contributed by atoms with van der Waals surface area (Å²) in [6.45, 7) is 0.937. The largest absolute Gasteiger partial charge is 0.305 e. The molecular formula is C3H7NOS. The van der Waals surface area contributed by atoms with Crippen LogP contribution in [0.1, 0.15) is 0 Å². The number of hydrogen-bond acceptors (Lipinski definition) is 2. The van der Waals surface area contributed by atoms with Gasteiger partial charge in [0.1, 0.15) is 0 Å². The minimum atomic E-state index is -0.534. The highest BCUT2D eigenvalue weighted by molar-refractivity contribution is 7.85. The highest BCUT2D eigenvalue weighted by Crippen LogP contribution is 1.84. The Kier molecular flexibility index (Phi) is 1.22. The Hall–Kier alpha value is 0.110. The van der Waals surface area contributed by atoms with E-state index in [0.29, 0.717) is 5.88 Å². The van der Waals surface area contributed by atoms with Gasteiger partial charge in [-0.15, -0.1) is 0 Å². The molecule has 0 saturated carbocycles. The Morgan fingerprint density at radius 3 is 2.67 bits per heavy atom. The molecule has 0 aromatic heterocycles. The van der Waals surface area contributed by atoms with Crippen LogP contribution in [0.2, 0.25) is 0 Å². The third kappa shape index (κ3) is 0.786. The lowest BCUT2D eigenvalue weighted by Crippen LogP contribution is -2.05. The van der Waals surface area contributed by atoms with Gasteiger partial charge in [0.05, 0.1) is 5.88 Å². The molecule has 1 saturated heterocycles. The molecule has 1 aliphatic heterocycles. The van der Waals surface area contributed by atoms with Gasteiger partial charge in [0.2, 0.25) is 0 Å². The number of hydrogen-bond donors (Lipinski definition) is 1. The molecule has 1 heterocycles. The summed E-state index contributed by atoms with van der Waals surface area (Å²) >= 11 is 0. The summed E-state index contributed by atoms with van der Waals surface area (Å²) in [5.74, 6) is 1.56. The predicted octanol–water partition coefficient (Wildman–Crippen LogP) is -0.704. The van der Waals surface area contributed by atoms with Gasteiger partial charge in [-0.3, -0.25) is 4.21 Å². The molecule has 0 aromatic rings. The highest BCUT2D eigenvalue weighted by Gasteiger charge is 2.03. The van der Waals surface area contributed by atoms with Gasteiger partial charge in [-0.2, -0.15) is 0 Å². The zero-order valence-electron chi connectivity index (χ0n) is 3.44. The minimum Gasteiger partial charge on any atom is -0.305 e. The standard InChI is InChI=1S/C3H7NOS/c5-6-2-1-4-3-6/h4H,1-3H2. The van der Waals surface area contributed by atoms with E-state index < -0.39 is 10.8 Å². The average molecular weight is 105 g/mol. The average Bonchev–Trinajstić information content (AvgIpc) is 1.86. The maximum Gasteiger partial charge on any atom is 0.0723 e. The Labute approximate surface area is 39.4 Å². The van der Waals surface area contributed by atoms with Crippen molar-refractivity contribution in [3.63, 3.8) is 0 Å². The molecular weight excluding hydrogens is 98.1 g/mol. The number of nitrogens with one attached hydrogen (secondary N) is 1. The summed E-state index contributed by atoms with van der Waals surface area (Å²) in [6.07, 6.45) is 0. The SMILES string of the molecule is O=S1CCNC1. The molecule has 0 aliphatic carbocycles. The molecule has 1 N–H and O–H groups in total. The monoisotopic (exact) mass is 105 g/mol. The van der Waals surface area contributed by atoms with Crippen LogP contribution >= 0.6 is 0 Å². The van der Waals surface area contributed by atoms with Crippen LogP contribution in [0, 0.1) is 0 Å². The summed E-state index contributed by atoms with van der Waals surface area (Å²) in [5.41, 5.74) is 0. The van der Waals surface area contributed by atoms with Gasteiger partial charge in [0.25, 0.3) is 0 Å². The third-order valence-corrected chi connectivity index (χ3v) is 1.96. The molecule has 1 fully saturated rings. The predicted molar refractivity (Wildman–Crippen MR) is 25.9 cm³/mol. The van der Waals surface area contributed by atoms with E-state index in [0.717, 1.165) is 12.3 Å². The van der Waals surface area contributed by atoms with Gasteiger partial charge >= 0.3 is 0 Å². The molecule has 0 radical (unpaired) electrons. The molecule has 1 atom stereocenters. The van der Waals surface area contributed by atoms with Crippen LogP contribution in [0.4, 0.5) is 0 Å². The van der Waals surface area contributed by atoms with Crippen LogP contribution in [0.15, 0.2) is 0 Å². The highest BCUT2D eigenvalue weighted by atomic mass is 32.2. The van der Waals surface area contributed by atoms with Gasteiger partial charge in [-0.1, -0.05) is 0 Å². The van der Waals surface area contributed by atoms with Gasteiger partial charge in [-0.05, 0) is 0 Å².